The van der Waals surface area contributed by atoms with Crippen LogP contribution in [0.25, 0.3) is 11.4 Å². The molecule has 7 nitrogen and oxygen atoms in total. The van der Waals surface area contributed by atoms with E-state index in [1.165, 1.54) is 0 Å². The van der Waals surface area contributed by atoms with Crippen LogP contribution in [-0.2, 0) is 0 Å². The molecule has 0 saturated heterocycles. The average Bonchev–Trinajstić information content (AvgIpc) is 2.71. The molecule has 0 bridgehead atoms. The van der Waals surface area contributed by atoms with E-state index in [1.54, 1.807) is 11.1 Å². The number of nitrogens with zero attached hydrogens (tertiary/aromatic N) is 5. The molecule has 2 aromatic rings. The summed E-state index contributed by atoms with van der Waals surface area (Å²) in [6.07, 6.45) is 0.849. The van der Waals surface area contributed by atoms with Gasteiger partial charge < -0.3 is 11.5 Å². The lowest BCUT2D eigenvalue weighted by atomic mass is 9.99. The van der Waals surface area contributed by atoms with Crippen LogP contribution in [0.3, 0.4) is 0 Å². The normalized spacial score (nSPS) is 16.7. The Balaban J connectivity index is 2.10. The lowest BCUT2D eigenvalue weighted by molar-refractivity contribution is 0.506. The molecule has 1 aromatic heterocycles. The van der Waals surface area contributed by atoms with Crippen molar-refractivity contribution in [2.45, 2.75) is 32.7 Å². The third kappa shape index (κ3) is 2.45. The van der Waals surface area contributed by atoms with Crippen molar-refractivity contribution in [3.63, 3.8) is 0 Å². The van der Waals surface area contributed by atoms with Crippen molar-refractivity contribution in [1.29, 1.82) is 0 Å². The molecule has 0 spiro atoms. The summed E-state index contributed by atoms with van der Waals surface area (Å²) < 4.78 is 0. The van der Waals surface area contributed by atoms with E-state index in [4.69, 9.17) is 11.5 Å². The second-order valence-electron chi connectivity index (χ2n) is 6.04. The molecule has 1 aromatic carbocycles. The minimum Gasteiger partial charge on any atom is -0.398 e. The Morgan fingerprint density at radius 1 is 1.09 bits per heavy atom. The van der Waals surface area contributed by atoms with Crippen molar-refractivity contribution >= 4 is 23.3 Å². The van der Waals surface area contributed by atoms with E-state index in [0.29, 0.717) is 17.5 Å². The van der Waals surface area contributed by atoms with Crippen LogP contribution in [0.15, 0.2) is 29.4 Å². The molecule has 0 atom stereocenters. The number of hydrazone groups is 1. The quantitative estimate of drug-likeness (QED) is 0.822. The van der Waals surface area contributed by atoms with Gasteiger partial charge in [-0.2, -0.15) is 20.1 Å². The highest BCUT2D eigenvalue weighted by molar-refractivity contribution is 5.87. The molecule has 1 aliphatic rings. The van der Waals surface area contributed by atoms with Crippen LogP contribution in [0.4, 0.5) is 17.6 Å². The number of nitrogen functional groups attached to an aromatic ring is 2. The van der Waals surface area contributed by atoms with Crippen molar-refractivity contribution < 1.29 is 0 Å². The minimum absolute atomic E-state index is 0.152. The fourth-order valence-electron chi connectivity index (χ4n) is 2.65. The van der Waals surface area contributed by atoms with Crippen LogP contribution < -0.4 is 16.5 Å². The summed E-state index contributed by atoms with van der Waals surface area (Å²) in [5, 5.41) is 6.31. The second kappa shape index (κ2) is 4.94. The van der Waals surface area contributed by atoms with Crippen LogP contribution >= 0.6 is 0 Å². The molecule has 114 valence electrons. The van der Waals surface area contributed by atoms with E-state index in [2.05, 4.69) is 33.9 Å². The van der Waals surface area contributed by atoms with E-state index in [1.807, 2.05) is 25.1 Å². The van der Waals surface area contributed by atoms with Gasteiger partial charge in [-0.05, 0) is 32.9 Å². The fraction of sp³-hybridized carbons (Fsp3) is 0.333. The number of hydrogen-bond acceptors (Lipinski definition) is 7. The monoisotopic (exact) mass is 297 g/mol. The van der Waals surface area contributed by atoms with Crippen LogP contribution in [0, 0.1) is 0 Å². The number of hydrogen-bond donors (Lipinski definition) is 2. The van der Waals surface area contributed by atoms with Crippen LogP contribution in [0.5, 0.6) is 0 Å². The molecule has 0 saturated carbocycles. The maximum absolute atomic E-state index is 6.00. The second-order valence-corrected chi connectivity index (χ2v) is 6.04. The van der Waals surface area contributed by atoms with Gasteiger partial charge in [0, 0.05) is 23.4 Å². The van der Waals surface area contributed by atoms with Gasteiger partial charge in [0.1, 0.15) is 0 Å². The van der Waals surface area contributed by atoms with Gasteiger partial charge in [0.15, 0.2) is 5.82 Å². The van der Waals surface area contributed by atoms with Gasteiger partial charge >= 0.3 is 0 Å². The molecule has 3 rings (SSSR count). The fourth-order valence-corrected chi connectivity index (χ4v) is 2.65. The number of anilines is 3. The summed E-state index contributed by atoms with van der Waals surface area (Å²) in [6.45, 7) is 6.16. The van der Waals surface area contributed by atoms with E-state index in [-0.39, 0.29) is 11.5 Å². The molecule has 4 N–H and O–H groups in total. The number of nitrogens with two attached hydrogens (primary N) is 2. The number of benzene rings is 1. The number of para-hydroxylation sites is 1. The van der Waals surface area contributed by atoms with E-state index in [9.17, 15) is 0 Å². The number of aromatic nitrogens is 3. The highest BCUT2D eigenvalue weighted by Crippen LogP contribution is 2.32. The summed E-state index contributed by atoms with van der Waals surface area (Å²) in [6, 6.07) is 7.41. The van der Waals surface area contributed by atoms with Gasteiger partial charge in [0.25, 0.3) is 5.95 Å². The molecule has 2 heterocycles. The Morgan fingerprint density at radius 2 is 1.82 bits per heavy atom. The lowest BCUT2D eigenvalue weighted by Gasteiger charge is -2.28. The molecular weight excluding hydrogens is 278 g/mol. The van der Waals surface area contributed by atoms with E-state index in [0.717, 1.165) is 17.7 Å². The molecule has 0 fully saturated rings. The summed E-state index contributed by atoms with van der Waals surface area (Å²) in [7, 11) is 0. The van der Waals surface area contributed by atoms with Crippen LogP contribution in [-0.4, -0.2) is 26.2 Å². The third-order valence-corrected chi connectivity index (χ3v) is 3.56. The molecule has 0 unspecified atom stereocenters. The molecular formula is C15H19N7. The van der Waals surface area contributed by atoms with Crippen LogP contribution in [0.2, 0.25) is 0 Å². The maximum atomic E-state index is 6.00. The first-order valence-corrected chi connectivity index (χ1v) is 7.07. The predicted molar refractivity (Wildman–Crippen MR) is 88.4 cm³/mol. The Kier molecular flexibility index (Phi) is 3.20. The third-order valence-electron chi connectivity index (χ3n) is 3.56. The smallest absolute Gasteiger partial charge is 0.252 e. The zero-order valence-electron chi connectivity index (χ0n) is 12.9. The summed E-state index contributed by atoms with van der Waals surface area (Å²) in [5.41, 5.74) is 14.0. The lowest BCUT2D eigenvalue weighted by Crippen LogP contribution is -2.37. The van der Waals surface area contributed by atoms with Crippen LogP contribution in [0.1, 0.15) is 27.2 Å². The Hall–Kier alpha value is -2.70. The van der Waals surface area contributed by atoms with Gasteiger partial charge in [-0.1, -0.05) is 12.1 Å². The topological polar surface area (TPSA) is 106 Å². The largest absolute Gasteiger partial charge is 0.398 e. The van der Waals surface area contributed by atoms with Gasteiger partial charge in [-0.25, -0.2) is 5.01 Å². The maximum Gasteiger partial charge on any atom is 0.252 e. The number of rotatable bonds is 2. The molecule has 0 amide bonds. The van der Waals surface area contributed by atoms with Crippen molar-refractivity contribution in [2.24, 2.45) is 5.10 Å². The van der Waals surface area contributed by atoms with Crippen molar-refractivity contribution in [3.8, 4) is 11.4 Å². The van der Waals surface area contributed by atoms with Gasteiger partial charge in [0.05, 0.1) is 5.54 Å². The zero-order valence-corrected chi connectivity index (χ0v) is 12.9. The van der Waals surface area contributed by atoms with Gasteiger partial charge in [-0.15, -0.1) is 0 Å². The molecule has 22 heavy (non-hydrogen) atoms. The average molecular weight is 297 g/mol. The van der Waals surface area contributed by atoms with E-state index < -0.39 is 0 Å². The molecule has 0 radical (unpaired) electrons. The van der Waals surface area contributed by atoms with Crippen molar-refractivity contribution in [1.82, 2.24) is 15.0 Å². The molecule has 1 aliphatic heterocycles. The molecule has 7 heteroatoms. The Morgan fingerprint density at radius 3 is 2.45 bits per heavy atom. The first kappa shape index (κ1) is 14.2. The first-order valence-electron chi connectivity index (χ1n) is 7.07. The standard InChI is InChI=1S/C15H19N7/c1-9-8-15(2,3)22(21-9)14-19-12(18-13(17)20-14)10-6-4-5-7-11(10)16/h4-7H,8,16H2,1-3H3,(H2,17,18,19,20). The van der Waals surface area contributed by atoms with Gasteiger partial charge in [-0.3, -0.25) is 0 Å². The minimum atomic E-state index is -0.197. The molecule has 0 aliphatic carbocycles. The van der Waals surface area contributed by atoms with Crippen molar-refractivity contribution in [2.75, 3.05) is 16.5 Å². The summed E-state index contributed by atoms with van der Waals surface area (Å²) >= 11 is 0. The summed E-state index contributed by atoms with van der Waals surface area (Å²) in [5.74, 6) is 1.04. The summed E-state index contributed by atoms with van der Waals surface area (Å²) in [4.78, 5) is 13.0. The first-order chi connectivity index (χ1) is 10.4. The zero-order chi connectivity index (χ0) is 15.9. The predicted octanol–water partition coefficient (Wildman–Crippen LogP) is 2.07. The van der Waals surface area contributed by atoms with Crippen molar-refractivity contribution in [3.05, 3.63) is 24.3 Å². The van der Waals surface area contributed by atoms with Gasteiger partial charge in [0.2, 0.25) is 5.95 Å². The Bertz CT molecular complexity index is 751. The SMILES string of the molecule is CC1=NN(c2nc(N)nc(-c3ccccc3N)n2)C(C)(C)C1. The Labute approximate surface area is 129 Å². The highest BCUT2D eigenvalue weighted by Gasteiger charge is 2.35. The van der Waals surface area contributed by atoms with E-state index >= 15 is 0 Å². The highest BCUT2D eigenvalue weighted by atomic mass is 15.6.